The topological polar surface area (TPSA) is 67.2 Å². The highest BCUT2D eigenvalue weighted by Crippen LogP contribution is 2.20. The molecule has 0 saturated carbocycles. The number of carbonyl (C=O) groups is 2. The second kappa shape index (κ2) is 8.08. The number of nitrogens with one attached hydrogen (secondary N) is 1. The first-order chi connectivity index (χ1) is 13.4. The number of aromatic nitrogens is 2. The summed E-state index contributed by atoms with van der Waals surface area (Å²) in [6.07, 6.45) is 1.58. The average Bonchev–Trinajstić information content (AvgIpc) is 3.04. The van der Waals surface area contributed by atoms with Crippen molar-refractivity contribution in [1.82, 2.24) is 14.7 Å². The van der Waals surface area contributed by atoms with E-state index in [2.05, 4.69) is 10.4 Å². The van der Waals surface area contributed by atoms with Gasteiger partial charge in [0.25, 0.3) is 5.91 Å². The minimum Gasteiger partial charge on any atom is -0.342 e. The number of aryl methyl sites for hydroxylation is 1. The van der Waals surface area contributed by atoms with E-state index in [0.717, 1.165) is 22.5 Å². The van der Waals surface area contributed by atoms with Gasteiger partial charge in [0.15, 0.2) is 0 Å². The largest absolute Gasteiger partial charge is 0.342 e. The van der Waals surface area contributed by atoms with Crippen molar-refractivity contribution in [2.75, 3.05) is 12.4 Å². The molecule has 0 aliphatic carbocycles. The molecule has 0 fully saturated rings. The number of benzene rings is 2. The van der Waals surface area contributed by atoms with E-state index in [9.17, 15) is 9.59 Å². The highest BCUT2D eigenvalue weighted by Gasteiger charge is 2.17. The quantitative estimate of drug-likeness (QED) is 0.738. The lowest BCUT2D eigenvalue weighted by Crippen LogP contribution is -2.24. The Morgan fingerprint density at radius 1 is 1.11 bits per heavy atom. The van der Waals surface area contributed by atoms with E-state index in [0.29, 0.717) is 17.8 Å². The van der Waals surface area contributed by atoms with Crippen LogP contribution in [0.3, 0.4) is 0 Å². The monoisotopic (exact) mass is 376 g/mol. The normalized spacial score (nSPS) is 10.6. The Labute approximate surface area is 164 Å². The zero-order valence-electron chi connectivity index (χ0n) is 16.6. The first-order valence-corrected chi connectivity index (χ1v) is 9.09. The average molecular weight is 376 g/mol. The summed E-state index contributed by atoms with van der Waals surface area (Å²) >= 11 is 0. The van der Waals surface area contributed by atoms with Gasteiger partial charge in [0, 0.05) is 26.2 Å². The predicted octanol–water partition coefficient (Wildman–Crippen LogP) is 3.72. The van der Waals surface area contributed by atoms with Crippen molar-refractivity contribution in [2.24, 2.45) is 0 Å². The number of amides is 2. The second-order valence-corrected chi connectivity index (χ2v) is 6.88. The predicted molar refractivity (Wildman–Crippen MR) is 110 cm³/mol. The Kier molecular flexibility index (Phi) is 5.59. The van der Waals surface area contributed by atoms with Crippen LogP contribution in [0, 0.1) is 13.8 Å². The van der Waals surface area contributed by atoms with Gasteiger partial charge in [0.2, 0.25) is 5.91 Å². The fourth-order valence-electron chi connectivity index (χ4n) is 2.99. The molecular formula is C22H24N4O2. The summed E-state index contributed by atoms with van der Waals surface area (Å²) in [5, 5.41) is 7.34. The van der Waals surface area contributed by atoms with Gasteiger partial charge in [0.05, 0.1) is 23.1 Å². The summed E-state index contributed by atoms with van der Waals surface area (Å²) in [5.41, 5.74) is 4.88. The standard InChI is InChI=1S/C22H24N4O2/c1-15-8-7-10-19(12-15)26-16(2)20(13-23-26)22(28)24-21-11-6-5-9-18(21)14-25(4)17(3)27/h5-13H,14H2,1-4H3,(H,24,28). The van der Waals surface area contributed by atoms with Crippen LogP contribution in [-0.4, -0.2) is 33.5 Å². The Bertz CT molecular complexity index is 1020. The van der Waals surface area contributed by atoms with E-state index in [1.54, 1.807) is 22.8 Å². The lowest BCUT2D eigenvalue weighted by atomic mass is 10.1. The van der Waals surface area contributed by atoms with Crippen LogP contribution < -0.4 is 5.32 Å². The number of para-hydroxylation sites is 1. The summed E-state index contributed by atoms with van der Waals surface area (Å²) in [4.78, 5) is 26.0. The first-order valence-electron chi connectivity index (χ1n) is 9.09. The summed E-state index contributed by atoms with van der Waals surface area (Å²) in [5.74, 6) is -0.259. The molecule has 6 nitrogen and oxygen atoms in total. The Morgan fingerprint density at radius 2 is 1.86 bits per heavy atom. The minimum absolute atomic E-state index is 0.0311. The third-order valence-electron chi connectivity index (χ3n) is 4.71. The maximum atomic E-state index is 12.9. The number of anilines is 1. The second-order valence-electron chi connectivity index (χ2n) is 6.88. The number of carbonyl (C=O) groups excluding carboxylic acids is 2. The van der Waals surface area contributed by atoms with Crippen molar-refractivity contribution in [3.8, 4) is 5.69 Å². The lowest BCUT2D eigenvalue weighted by Gasteiger charge is -2.17. The zero-order chi connectivity index (χ0) is 20.3. The molecule has 2 amide bonds. The van der Waals surface area contributed by atoms with Crippen molar-refractivity contribution in [1.29, 1.82) is 0 Å². The molecule has 1 N–H and O–H groups in total. The van der Waals surface area contributed by atoms with Crippen LogP contribution in [-0.2, 0) is 11.3 Å². The van der Waals surface area contributed by atoms with Gasteiger partial charge in [0.1, 0.15) is 0 Å². The molecule has 0 spiro atoms. The van der Waals surface area contributed by atoms with Crippen LogP contribution in [0.25, 0.3) is 5.69 Å². The van der Waals surface area contributed by atoms with Gasteiger partial charge < -0.3 is 10.2 Å². The molecule has 0 aliphatic heterocycles. The Morgan fingerprint density at radius 3 is 2.57 bits per heavy atom. The number of rotatable bonds is 5. The molecule has 0 saturated heterocycles. The molecule has 3 rings (SSSR count). The maximum Gasteiger partial charge on any atom is 0.259 e. The Hall–Kier alpha value is -3.41. The molecule has 0 atom stereocenters. The number of nitrogens with zero attached hydrogens (tertiary/aromatic N) is 3. The van der Waals surface area contributed by atoms with Crippen molar-refractivity contribution in [2.45, 2.75) is 27.3 Å². The van der Waals surface area contributed by atoms with Crippen LogP contribution in [0.5, 0.6) is 0 Å². The third kappa shape index (κ3) is 4.11. The maximum absolute atomic E-state index is 12.9. The SMILES string of the molecule is CC(=O)N(C)Cc1ccccc1NC(=O)c1cnn(-c2cccc(C)c2)c1C. The van der Waals surface area contributed by atoms with Crippen LogP contribution in [0.15, 0.2) is 54.7 Å². The van der Waals surface area contributed by atoms with Crippen molar-refractivity contribution < 1.29 is 9.59 Å². The summed E-state index contributed by atoms with van der Waals surface area (Å²) in [6, 6.07) is 15.4. The van der Waals surface area contributed by atoms with Gasteiger partial charge in [-0.2, -0.15) is 5.10 Å². The van der Waals surface area contributed by atoms with E-state index in [1.807, 2.05) is 62.4 Å². The van der Waals surface area contributed by atoms with Crippen LogP contribution in [0.1, 0.15) is 34.1 Å². The molecular weight excluding hydrogens is 352 g/mol. The van der Waals surface area contributed by atoms with E-state index < -0.39 is 0 Å². The smallest absolute Gasteiger partial charge is 0.259 e. The number of hydrogen-bond donors (Lipinski definition) is 1. The molecule has 144 valence electrons. The van der Waals surface area contributed by atoms with Crippen LogP contribution >= 0.6 is 0 Å². The summed E-state index contributed by atoms with van der Waals surface area (Å²) in [7, 11) is 1.73. The summed E-state index contributed by atoms with van der Waals surface area (Å²) < 4.78 is 1.76. The number of hydrogen-bond acceptors (Lipinski definition) is 3. The first kappa shape index (κ1) is 19.4. The van der Waals surface area contributed by atoms with Gasteiger partial charge in [-0.25, -0.2) is 4.68 Å². The summed E-state index contributed by atoms with van der Waals surface area (Å²) in [6.45, 7) is 5.84. The molecule has 0 unspecified atom stereocenters. The van der Waals surface area contributed by atoms with Crippen molar-refractivity contribution >= 4 is 17.5 Å². The van der Waals surface area contributed by atoms with Crippen LogP contribution in [0.4, 0.5) is 5.69 Å². The molecule has 2 aromatic carbocycles. The minimum atomic E-state index is -0.227. The van der Waals surface area contributed by atoms with Gasteiger partial charge in [-0.3, -0.25) is 9.59 Å². The molecule has 0 aliphatic rings. The van der Waals surface area contributed by atoms with Crippen molar-refractivity contribution in [3.63, 3.8) is 0 Å². The molecule has 1 aromatic heterocycles. The third-order valence-corrected chi connectivity index (χ3v) is 4.71. The highest BCUT2D eigenvalue weighted by molar-refractivity contribution is 6.05. The molecule has 6 heteroatoms. The zero-order valence-corrected chi connectivity index (χ0v) is 16.6. The van der Waals surface area contributed by atoms with Gasteiger partial charge in [-0.05, 0) is 43.2 Å². The van der Waals surface area contributed by atoms with Gasteiger partial charge in [-0.1, -0.05) is 30.3 Å². The Balaban J connectivity index is 1.84. The fraction of sp³-hybridized carbons (Fsp3) is 0.227. The van der Waals surface area contributed by atoms with E-state index in [4.69, 9.17) is 0 Å². The van der Waals surface area contributed by atoms with E-state index >= 15 is 0 Å². The molecule has 1 heterocycles. The van der Waals surface area contributed by atoms with Gasteiger partial charge in [-0.15, -0.1) is 0 Å². The fourth-order valence-corrected chi connectivity index (χ4v) is 2.99. The van der Waals surface area contributed by atoms with E-state index in [-0.39, 0.29) is 11.8 Å². The highest BCUT2D eigenvalue weighted by atomic mass is 16.2. The van der Waals surface area contributed by atoms with E-state index in [1.165, 1.54) is 6.92 Å². The van der Waals surface area contributed by atoms with Crippen molar-refractivity contribution in [3.05, 3.63) is 77.1 Å². The van der Waals surface area contributed by atoms with Gasteiger partial charge >= 0.3 is 0 Å². The lowest BCUT2D eigenvalue weighted by molar-refractivity contribution is -0.128. The molecule has 3 aromatic rings. The van der Waals surface area contributed by atoms with Crippen LogP contribution in [0.2, 0.25) is 0 Å². The molecule has 0 bridgehead atoms. The molecule has 28 heavy (non-hydrogen) atoms. The molecule has 0 radical (unpaired) electrons.